The molecule has 2 rings (SSSR count). The number of hydrogen-bond donors (Lipinski definition) is 1. The maximum atomic E-state index is 12.4. The molecule has 0 unspecified atom stereocenters. The molecule has 0 radical (unpaired) electrons. The Bertz CT molecular complexity index is 585. The maximum Gasteiger partial charge on any atom is 0.152 e. The summed E-state index contributed by atoms with van der Waals surface area (Å²) in [5.74, 6) is 0.366. The third-order valence-corrected chi connectivity index (χ3v) is 4.44. The number of nitrogens with one attached hydrogen (secondary N) is 1. The fraction of sp³-hybridized carbons (Fsp3) is 0.471. The number of rotatable bonds is 6. The molecule has 1 aromatic carbocycles. The zero-order chi connectivity index (χ0) is 14.7. The van der Waals surface area contributed by atoms with Crippen LogP contribution in [0.4, 0.5) is 0 Å². The van der Waals surface area contributed by atoms with Crippen molar-refractivity contribution in [2.24, 2.45) is 5.92 Å². The third kappa shape index (κ3) is 3.47. The van der Waals surface area contributed by atoms with Gasteiger partial charge in [-0.15, -0.1) is 11.3 Å². The van der Waals surface area contributed by atoms with Gasteiger partial charge in [0.1, 0.15) is 0 Å². The molecular weight excluding hydrogens is 266 g/mol. The predicted molar refractivity (Wildman–Crippen MR) is 87.4 cm³/mol. The van der Waals surface area contributed by atoms with Gasteiger partial charge in [0.25, 0.3) is 0 Å². The highest BCUT2D eigenvalue weighted by Gasteiger charge is 2.23. The van der Waals surface area contributed by atoms with Gasteiger partial charge in [0.05, 0.1) is 6.04 Å². The first kappa shape index (κ1) is 15.2. The van der Waals surface area contributed by atoms with Crippen LogP contribution in [0, 0.1) is 5.92 Å². The van der Waals surface area contributed by atoms with Gasteiger partial charge in [-0.1, -0.05) is 45.9 Å². The molecule has 0 saturated carbocycles. The molecule has 0 spiro atoms. The highest BCUT2D eigenvalue weighted by Crippen LogP contribution is 2.27. The number of ketones is 1. The summed E-state index contributed by atoms with van der Waals surface area (Å²) in [6, 6.07) is 8.63. The number of Topliss-reactive ketones (excluding diaryl/α,β-unsaturated/α-hetero) is 1. The summed E-state index contributed by atoms with van der Waals surface area (Å²) in [5, 5.41) is 6.89. The summed E-state index contributed by atoms with van der Waals surface area (Å²) in [6.45, 7) is 8.13. The van der Waals surface area contributed by atoms with Crippen LogP contribution in [0.15, 0.2) is 29.6 Å². The summed E-state index contributed by atoms with van der Waals surface area (Å²) in [4.78, 5) is 12.4. The number of hydrogen-bond acceptors (Lipinski definition) is 3. The molecular formula is C17H23NOS. The van der Waals surface area contributed by atoms with Crippen LogP contribution in [0.2, 0.25) is 0 Å². The van der Waals surface area contributed by atoms with Gasteiger partial charge in [0.15, 0.2) is 5.78 Å². The minimum Gasteiger partial charge on any atom is -0.305 e. The number of fused-ring (bicyclic) bond motifs is 1. The van der Waals surface area contributed by atoms with E-state index in [1.807, 2.05) is 13.8 Å². The summed E-state index contributed by atoms with van der Waals surface area (Å²) in [5.41, 5.74) is 1.28. The minimum absolute atomic E-state index is 0.0659. The van der Waals surface area contributed by atoms with E-state index in [-0.39, 0.29) is 12.0 Å². The molecule has 0 saturated heterocycles. The van der Waals surface area contributed by atoms with E-state index in [4.69, 9.17) is 0 Å². The number of thiophene rings is 1. The van der Waals surface area contributed by atoms with Gasteiger partial charge in [0.2, 0.25) is 0 Å². The summed E-state index contributed by atoms with van der Waals surface area (Å²) in [6.07, 6.45) is 0.777. The smallest absolute Gasteiger partial charge is 0.152 e. The van der Waals surface area contributed by atoms with Crippen LogP contribution < -0.4 is 5.32 Å². The molecule has 0 fully saturated rings. The van der Waals surface area contributed by atoms with Crippen molar-refractivity contribution in [1.82, 2.24) is 5.32 Å². The molecule has 3 heteroatoms. The first-order valence-corrected chi connectivity index (χ1v) is 8.12. The summed E-state index contributed by atoms with van der Waals surface area (Å²) in [7, 11) is 0. The van der Waals surface area contributed by atoms with Gasteiger partial charge in [-0.05, 0) is 28.8 Å². The van der Waals surface area contributed by atoms with Gasteiger partial charge < -0.3 is 5.32 Å². The van der Waals surface area contributed by atoms with Gasteiger partial charge in [0, 0.05) is 16.7 Å². The highest BCUT2D eigenvalue weighted by molar-refractivity contribution is 7.17. The second-order valence-corrected chi connectivity index (χ2v) is 6.80. The first-order chi connectivity index (χ1) is 9.49. The fourth-order valence-electron chi connectivity index (χ4n) is 2.46. The van der Waals surface area contributed by atoms with E-state index >= 15 is 0 Å². The lowest BCUT2D eigenvalue weighted by Gasteiger charge is -2.21. The van der Waals surface area contributed by atoms with Crippen LogP contribution in [0.3, 0.4) is 0 Å². The highest BCUT2D eigenvalue weighted by atomic mass is 32.1. The first-order valence-electron chi connectivity index (χ1n) is 7.24. The predicted octanol–water partition coefficient (Wildman–Crippen LogP) is 4.04. The Balaban J connectivity index is 2.25. The van der Waals surface area contributed by atoms with Crippen molar-refractivity contribution in [2.45, 2.75) is 46.2 Å². The van der Waals surface area contributed by atoms with Crippen LogP contribution >= 0.6 is 11.3 Å². The SMILES string of the molecule is CC(C)N[C@H](Cc1csc2ccccc12)C(=O)C(C)C. The van der Waals surface area contributed by atoms with Crippen LogP contribution in [0.5, 0.6) is 0 Å². The van der Waals surface area contributed by atoms with Crippen LogP contribution in [0.1, 0.15) is 33.3 Å². The average molecular weight is 289 g/mol. The fourth-order valence-corrected chi connectivity index (χ4v) is 3.43. The van der Waals surface area contributed by atoms with Gasteiger partial charge in [-0.2, -0.15) is 0 Å². The Labute approximate surface area is 125 Å². The van der Waals surface area contributed by atoms with Crippen LogP contribution in [-0.4, -0.2) is 17.9 Å². The molecule has 1 atom stereocenters. The molecule has 0 aliphatic rings. The van der Waals surface area contributed by atoms with Crippen molar-refractivity contribution in [2.75, 3.05) is 0 Å². The number of carbonyl (C=O) groups excluding carboxylic acids is 1. The van der Waals surface area contributed by atoms with Crippen molar-refractivity contribution in [1.29, 1.82) is 0 Å². The zero-order valence-corrected chi connectivity index (χ0v) is 13.5. The van der Waals surface area contributed by atoms with E-state index in [1.165, 1.54) is 15.6 Å². The molecule has 2 aromatic rings. The van der Waals surface area contributed by atoms with E-state index < -0.39 is 0 Å². The third-order valence-electron chi connectivity index (χ3n) is 3.43. The van der Waals surface area contributed by atoms with E-state index in [0.29, 0.717) is 11.8 Å². The van der Waals surface area contributed by atoms with Crippen LogP contribution in [0.25, 0.3) is 10.1 Å². The molecule has 0 aliphatic heterocycles. The number of carbonyl (C=O) groups is 1. The summed E-state index contributed by atoms with van der Waals surface area (Å²) < 4.78 is 1.29. The Morgan fingerprint density at radius 2 is 1.90 bits per heavy atom. The molecule has 1 heterocycles. The van der Waals surface area contributed by atoms with Crippen molar-refractivity contribution in [3.05, 3.63) is 35.2 Å². The maximum absolute atomic E-state index is 12.4. The largest absolute Gasteiger partial charge is 0.305 e. The normalized spacial score (nSPS) is 13.3. The molecule has 2 nitrogen and oxygen atoms in total. The van der Waals surface area contributed by atoms with E-state index in [2.05, 4.69) is 48.8 Å². The van der Waals surface area contributed by atoms with E-state index in [9.17, 15) is 4.79 Å². The van der Waals surface area contributed by atoms with Crippen molar-refractivity contribution < 1.29 is 4.79 Å². The average Bonchev–Trinajstić information content (AvgIpc) is 2.80. The van der Waals surface area contributed by atoms with Crippen LogP contribution in [-0.2, 0) is 11.2 Å². The lowest BCUT2D eigenvalue weighted by molar-refractivity contribution is -0.124. The van der Waals surface area contributed by atoms with Gasteiger partial charge in [-0.3, -0.25) is 4.79 Å². The van der Waals surface area contributed by atoms with Crippen molar-refractivity contribution in [3.8, 4) is 0 Å². The quantitative estimate of drug-likeness (QED) is 0.869. The Kier molecular flexibility index (Phi) is 4.95. The molecule has 0 amide bonds. The summed E-state index contributed by atoms with van der Waals surface area (Å²) >= 11 is 1.76. The molecule has 108 valence electrons. The lowest BCUT2D eigenvalue weighted by Crippen LogP contribution is -2.44. The molecule has 1 aromatic heterocycles. The minimum atomic E-state index is -0.0898. The molecule has 20 heavy (non-hydrogen) atoms. The second kappa shape index (κ2) is 6.51. The Morgan fingerprint density at radius 1 is 1.20 bits per heavy atom. The van der Waals surface area contributed by atoms with Crippen molar-refractivity contribution >= 4 is 27.2 Å². The monoisotopic (exact) mass is 289 g/mol. The zero-order valence-electron chi connectivity index (χ0n) is 12.6. The topological polar surface area (TPSA) is 29.1 Å². The molecule has 0 aliphatic carbocycles. The Morgan fingerprint density at radius 3 is 2.55 bits per heavy atom. The standard InChI is InChI=1S/C17H23NOS/c1-11(2)17(19)15(18-12(3)4)9-13-10-20-16-8-6-5-7-14(13)16/h5-8,10-12,15,18H,9H2,1-4H3/t15-/m1/s1. The second-order valence-electron chi connectivity index (χ2n) is 5.89. The van der Waals surface area contributed by atoms with E-state index in [0.717, 1.165) is 6.42 Å². The molecule has 0 bridgehead atoms. The van der Waals surface area contributed by atoms with Gasteiger partial charge >= 0.3 is 0 Å². The molecule has 1 N–H and O–H groups in total. The Hall–Kier alpha value is -1.19. The van der Waals surface area contributed by atoms with Crippen molar-refractivity contribution in [3.63, 3.8) is 0 Å². The van der Waals surface area contributed by atoms with E-state index in [1.54, 1.807) is 11.3 Å². The number of benzene rings is 1. The lowest BCUT2D eigenvalue weighted by atomic mass is 9.95. The van der Waals surface area contributed by atoms with Gasteiger partial charge in [-0.25, -0.2) is 0 Å².